The Morgan fingerprint density at radius 3 is 2.79 bits per heavy atom. The van der Waals surface area contributed by atoms with Crippen LogP contribution >= 0.6 is 0 Å². The molecule has 19 heavy (non-hydrogen) atoms. The van der Waals surface area contributed by atoms with Gasteiger partial charge in [-0.15, -0.1) is 0 Å². The number of benzene rings is 1. The first kappa shape index (κ1) is 11.7. The van der Waals surface area contributed by atoms with Crippen molar-refractivity contribution in [3.8, 4) is 0 Å². The van der Waals surface area contributed by atoms with Gasteiger partial charge in [0, 0.05) is 24.0 Å². The highest BCUT2D eigenvalue weighted by Crippen LogP contribution is 2.28. The van der Waals surface area contributed by atoms with Crippen molar-refractivity contribution in [3.05, 3.63) is 72.1 Å². The third-order valence-electron chi connectivity index (χ3n) is 3.06. The van der Waals surface area contributed by atoms with Gasteiger partial charge in [-0.25, -0.2) is 4.39 Å². The summed E-state index contributed by atoms with van der Waals surface area (Å²) in [4.78, 5) is 7.96. The van der Waals surface area contributed by atoms with Crippen molar-refractivity contribution in [2.45, 2.75) is 6.10 Å². The summed E-state index contributed by atoms with van der Waals surface area (Å²) < 4.78 is 13.7. The first-order chi connectivity index (χ1) is 9.27. The normalized spacial score (nSPS) is 12.5. The Balaban J connectivity index is 2.17. The Bertz CT molecular complexity index is 725. The second-order valence-corrected chi connectivity index (χ2v) is 4.22. The van der Waals surface area contributed by atoms with Crippen LogP contribution in [0.4, 0.5) is 4.39 Å². The van der Waals surface area contributed by atoms with E-state index in [0.717, 1.165) is 10.8 Å². The summed E-state index contributed by atoms with van der Waals surface area (Å²) >= 11 is 0. The van der Waals surface area contributed by atoms with Crippen molar-refractivity contribution in [1.29, 1.82) is 0 Å². The highest BCUT2D eigenvalue weighted by molar-refractivity contribution is 5.85. The maximum atomic E-state index is 13.7. The quantitative estimate of drug-likeness (QED) is 0.764. The van der Waals surface area contributed by atoms with Gasteiger partial charge in [0.25, 0.3) is 0 Å². The van der Waals surface area contributed by atoms with Gasteiger partial charge in [-0.3, -0.25) is 9.97 Å². The van der Waals surface area contributed by atoms with Crippen LogP contribution in [-0.2, 0) is 0 Å². The first-order valence-electron chi connectivity index (χ1n) is 5.88. The van der Waals surface area contributed by atoms with Gasteiger partial charge in [0.05, 0.1) is 0 Å². The topological polar surface area (TPSA) is 46.0 Å². The average Bonchev–Trinajstić information content (AvgIpc) is 2.46. The van der Waals surface area contributed by atoms with E-state index >= 15 is 0 Å². The molecule has 4 heteroatoms. The smallest absolute Gasteiger partial charge is 0.147 e. The molecule has 0 spiro atoms. The summed E-state index contributed by atoms with van der Waals surface area (Å²) in [5.41, 5.74) is 0.627. The third-order valence-corrected chi connectivity index (χ3v) is 3.06. The van der Waals surface area contributed by atoms with Crippen LogP contribution in [0.3, 0.4) is 0 Å². The molecule has 1 N–H and O–H groups in total. The Morgan fingerprint density at radius 2 is 1.95 bits per heavy atom. The predicted molar refractivity (Wildman–Crippen MR) is 70.0 cm³/mol. The molecule has 0 amide bonds. The number of hydrogen-bond acceptors (Lipinski definition) is 3. The largest absolute Gasteiger partial charge is 0.382 e. The van der Waals surface area contributed by atoms with Crippen LogP contribution in [0.15, 0.2) is 55.0 Å². The van der Waals surface area contributed by atoms with E-state index in [-0.39, 0.29) is 5.69 Å². The minimum absolute atomic E-state index is 0.0267. The van der Waals surface area contributed by atoms with E-state index in [1.54, 1.807) is 18.5 Å². The Hall–Kier alpha value is -2.33. The fourth-order valence-corrected chi connectivity index (χ4v) is 2.12. The number of rotatable bonds is 2. The summed E-state index contributed by atoms with van der Waals surface area (Å²) in [5, 5.41) is 12.1. The van der Waals surface area contributed by atoms with E-state index in [9.17, 15) is 9.50 Å². The van der Waals surface area contributed by atoms with E-state index in [1.165, 1.54) is 18.3 Å². The molecule has 0 aliphatic rings. The van der Waals surface area contributed by atoms with Gasteiger partial charge in [-0.05, 0) is 29.1 Å². The molecule has 0 aliphatic heterocycles. The van der Waals surface area contributed by atoms with Crippen LogP contribution in [0.25, 0.3) is 10.8 Å². The number of pyridine rings is 2. The number of aliphatic hydroxyl groups is 1. The second kappa shape index (κ2) is 4.74. The minimum Gasteiger partial charge on any atom is -0.382 e. The van der Waals surface area contributed by atoms with Crippen molar-refractivity contribution in [2.24, 2.45) is 0 Å². The lowest BCUT2D eigenvalue weighted by atomic mass is 10.00. The molecule has 2 heterocycles. The maximum absolute atomic E-state index is 13.7. The number of fused-ring (bicyclic) bond motifs is 1. The van der Waals surface area contributed by atoms with Crippen LogP contribution in [0, 0.1) is 5.82 Å². The molecule has 0 fully saturated rings. The molecule has 3 rings (SSSR count). The van der Waals surface area contributed by atoms with Gasteiger partial charge in [-0.1, -0.05) is 18.2 Å². The molecule has 94 valence electrons. The third kappa shape index (κ3) is 2.06. The van der Waals surface area contributed by atoms with Gasteiger partial charge in [-0.2, -0.15) is 0 Å². The fourth-order valence-electron chi connectivity index (χ4n) is 2.12. The molecule has 1 aromatic carbocycles. The standard InChI is InChI=1S/C15H11FN2O/c16-13-5-2-7-18-14(13)15(19)11-4-1-3-10-6-8-17-9-12(10)11/h1-9,15,19H. The molecule has 1 unspecified atom stereocenters. The Morgan fingerprint density at radius 1 is 1.05 bits per heavy atom. The van der Waals surface area contributed by atoms with Gasteiger partial charge < -0.3 is 5.11 Å². The summed E-state index contributed by atoms with van der Waals surface area (Å²) in [7, 11) is 0. The van der Waals surface area contributed by atoms with Crippen molar-refractivity contribution in [2.75, 3.05) is 0 Å². The first-order valence-corrected chi connectivity index (χ1v) is 5.88. The molecule has 2 aromatic heterocycles. The monoisotopic (exact) mass is 254 g/mol. The second-order valence-electron chi connectivity index (χ2n) is 4.22. The van der Waals surface area contributed by atoms with Crippen LogP contribution in [0.2, 0.25) is 0 Å². The summed E-state index contributed by atoms with van der Waals surface area (Å²) in [5.74, 6) is -0.518. The molecule has 3 aromatic rings. The van der Waals surface area contributed by atoms with E-state index in [1.807, 2.05) is 18.2 Å². The van der Waals surface area contributed by atoms with Gasteiger partial charge in [0.1, 0.15) is 17.6 Å². The molecule has 0 aliphatic carbocycles. The van der Waals surface area contributed by atoms with Crippen molar-refractivity contribution < 1.29 is 9.50 Å². The van der Waals surface area contributed by atoms with Crippen molar-refractivity contribution >= 4 is 10.8 Å². The highest BCUT2D eigenvalue weighted by atomic mass is 19.1. The maximum Gasteiger partial charge on any atom is 0.147 e. The van der Waals surface area contributed by atoms with Crippen LogP contribution in [0.5, 0.6) is 0 Å². The molecule has 0 saturated carbocycles. The lowest BCUT2D eigenvalue weighted by molar-refractivity contribution is 0.211. The SMILES string of the molecule is OC(c1ncccc1F)c1cccc2ccncc12. The highest BCUT2D eigenvalue weighted by Gasteiger charge is 2.18. The number of halogens is 1. The van der Waals surface area contributed by atoms with Crippen LogP contribution in [-0.4, -0.2) is 15.1 Å². The molecule has 0 radical (unpaired) electrons. The molecule has 3 nitrogen and oxygen atoms in total. The van der Waals surface area contributed by atoms with E-state index in [4.69, 9.17) is 0 Å². The zero-order valence-corrected chi connectivity index (χ0v) is 9.99. The molecular weight excluding hydrogens is 243 g/mol. The van der Waals surface area contributed by atoms with Gasteiger partial charge in [0.2, 0.25) is 0 Å². The van der Waals surface area contributed by atoms with E-state index in [2.05, 4.69) is 9.97 Å². The van der Waals surface area contributed by atoms with E-state index in [0.29, 0.717) is 5.56 Å². The number of aliphatic hydroxyl groups excluding tert-OH is 1. The average molecular weight is 254 g/mol. The lowest BCUT2D eigenvalue weighted by Gasteiger charge is -2.13. The zero-order chi connectivity index (χ0) is 13.2. The van der Waals surface area contributed by atoms with Crippen LogP contribution < -0.4 is 0 Å². The predicted octanol–water partition coefficient (Wildman–Crippen LogP) is 2.85. The van der Waals surface area contributed by atoms with Crippen molar-refractivity contribution in [1.82, 2.24) is 9.97 Å². The molecule has 1 atom stereocenters. The summed E-state index contributed by atoms with van der Waals surface area (Å²) in [6.07, 6.45) is 3.70. The Kier molecular flexibility index (Phi) is 2.93. The molecule has 0 bridgehead atoms. The lowest BCUT2D eigenvalue weighted by Crippen LogP contribution is -2.05. The fraction of sp³-hybridized carbons (Fsp3) is 0.0667. The summed E-state index contributed by atoms with van der Waals surface area (Å²) in [6, 6.07) is 10.1. The van der Waals surface area contributed by atoms with Crippen molar-refractivity contribution in [3.63, 3.8) is 0 Å². The Labute approximate surface area is 109 Å². The summed E-state index contributed by atoms with van der Waals surface area (Å²) in [6.45, 7) is 0. The number of hydrogen-bond donors (Lipinski definition) is 1. The van der Waals surface area contributed by atoms with Crippen LogP contribution in [0.1, 0.15) is 17.4 Å². The number of nitrogens with zero attached hydrogens (tertiary/aromatic N) is 2. The van der Waals surface area contributed by atoms with Gasteiger partial charge in [0.15, 0.2) is 0 Å². The number of aromatic nitrogens is 2. The zero-order valence-electron chi connectivity index (χ0n) is 9.99. The van der Waals surface area contributed by atoms with Gasteiger partial charge >= 0.3 is 0 Å². The van der Waals surface area contributed by atoms with E-state index < -0.39 is 11.9 Å². The molecular formula is C15H11FN2O. The minimum atomic E-state index is -1.10. The molecule has 0 saturated heterocycles.